The molecule has 6 heteroatoms. The van der Waals surface area contributed by atoms with E-state index in [2.05, 4.69) is 10.3 Å². The van der Waals surface area contributed by atoms with Gasteiger partial charge < -0.3 is 11.1 Å². The van der Waals surface area contributed by atoms with Crippen LogP contribution in [0.2, 0.25) is 0 Å². The van der Waals surface area contributed by atoms with Crippen LogP contribution >= 0.6 is 0 Å². The van der Waals surface area contributed by atoms with E-state index in [4.69, 9.17) is 5.73 Å². The van der Waals surface area contributed by atoms with Gasteiger partial charge in [-0.1, -0.05) is 19.3 Å². The van der Waals surface area contributed by atoms with Crippen molar-refractivity contribution in [2.75, 3.05) is 11.1 Å². The minimum atomic E-state index is -0.450. The number of aromatic nitrogens is 2. The molecule has 1 aromatic rings. The molecule has 0 aliphatic heterocycles. The molecule has 0 aromatic carbocycles. The molecule has 0 bridgehead atoms. The summed E-state index contributed by atoms with van der Waals surface area (Å²) in [7, 11) is 0. The number of nitrogens with zero attached hydrogens (tertiary/aromatic N) is 1. The zero-order valence-corrected chi connectivity index (χ0v) is 10.7. The molecule has 1 fully saturated rings. The van der Waals surface area contributed by atoms with E-state index < -0.39 is 11.2 Å². The van der Waals surface area contributed by atoms with Crippen LogP contribution in [-0.2, 0) is 6.54 Å². The fraction of sp³-hybridized carbons (Fsp3) is 0.667. The third-order valence-electron chi connectivity index (χ3n) is 3.51. The van der Waals surface area contributed by atoms with Crippen LogP contribution in [0.4, 0.5) is 11.5 Å². The minimum Gasteiger partial charge on any atom is -0.383 e. The number of hydrogen-bond acceptors (Lipinski definition) is 4. The molecule has 1 heterocycles. The van der Waals surface area contributed by atoms with Gasteiger partial charge in [0.05, 0.1) is 0 Å². The summed E-state index contributed by atoms with van der Waals surface area (Å²) in [6.45, 7) is 2.27. The highest BCUT2D eigenvalue weighted by atomic mass is 16.2. The number of anilines is 2. The Morgan fingerprint density at radius 3 is 2.61 bits per heavy atom. The molecule has 0 amide bonds. The van der Waals surface area contributed by atoms with Gasteiger partial charge in [0.2, 0.25) is 0 Å². The van der Waals surface area contributed by atoms with Crippen molar-refractivity contribution >= 4 is 11.5 Å². The Morgan fingerprint density at radius 2 is 2.00 bits per heavy atom. The number of aromatic amines is 1. The maximum Gasteiger partial charge on any atom is 0.330 e. The van der Waals surface area contributed by atoms with Gasteiger partial charge in [-0.3, -0.25) is 14.3 Å². The first kappa shape index (κ1) is 12.7. The van der Waals surface area contributed by atoms with Gasteiger partial charge >= 0.3 is 5.69 Å². The van der Waals surface area contributed by atoms with Crippen LogP contribution in [0.15, 0.2) is 9.59 Å². The predicted molar refractivity (Wildman–Crippen MR) is 71.9 cm³/mol. The van der Waals surface area contributed by atoms with Gasteiger partial charge in [-0.05, 0) is 19.8 Å². The molecule has 100 valence electrons. The maximum absolute atomic E-state index is 11.8. The molecule has 1 saturated carbocycles. The Kier molecular flexibility index (Phi) is 3.74. The average Bonchev–Trinajstić information content (AvgIpc) is 2.36. The molecule has 1 aromatic heterocycles. The van der Waals surface area contributed by atoms with E-state index in [0.29, 0.717) is 12.2 Å². The highest BCUT2D eigenvalue weighted by Crippen LogP contribution is 2.22. The van der Waals surface area contributed by atoms with E-state index in [1.54, 1.807) is 0 Å². The van der Waals surface area contributed by atoms with E-state index in [1.165, 1.54) is 23.8 Å². The summed E-state index contributed by atoms with van der Waals surface area (Å²) in [6.07, 6.45) is 5.68. The van der Waals surface area contributed by atoms with E-state index in [-0.39, 0.29) is 11.9 Å². The lowest BCUT2D eigenvalue weighted by atomic mass is 9.95. The summed E-state index contributed by atoms with van der Waals surface area (Å²) in [4.78, 5) is 25.6. The lowest BCUT2D eigenvalue weighted by molar-refractivity contribution is 0.462. The Morgan fingerprint density at radius 1 is 1.33 bits per heavy atom. The van der Waals surface area contributed by atoms with Gasteiger partial charge in [-0.25, -0.2) is 4.79 Å². The van der Waals surface area contributed by atoms with Crippen molar-refractivity contribution in [2.45, 2.75) is 51.6 Å². The third kappa shape index (κ3) is 2.42. The number of H-pyrrole nitrogens is 1. The van der Waals surface area contributed by atoms with Crippen molar-refractivity contribution in [1.82, 2.24) is 9.55 Å². The van der Waals surface area contributed by atoms with Gasteiger partial charge in [0.25, 0.3) is 5.56 Å². The Balaban J connectivity index is 2.32. The fourth-order valence-corrected chi connectivity index (χ4v) is 2.49. The van der Waals surface area contributed by atoms with Crippen LogP contribution in [0.3, 0.4) is 0 Å². The van der Waals surface area contributed by atoms with Crippen LogP contribution in [0.1, 0.15) is 39.0 Å². The Labute approximate surface area is 105 Å². The van der Waals surface area contributed by atoms with Crippen molar-refractivity contribution in [3.05, 3.63) is 20.8 Å². The van der Waals surface area contributed by atoms with Crippen LogP contribution in [-0.4, -0.2) is 15.6 Å². The SMILES string of the molecule is CCn1c(N)c(NC2CCCCC2)c(=O)[nH]c1=O. The summed E-state index contributed by atoms with van der Waals surface area (Å²) in [5.74, 6) is 0.233. The molecule has 18 heavy (non-hydrogen) atoms. The normalized spacial score (nSPS) is 16.7. The summed E-state index contributed by atoms with van der Waals surface area (Å²) in [5.41, 5.74) is 5.36. The fourth-order valence-electron chi connectivity index (χ4n) is 2.49. The zero-order valence-electron chi connectivity index (χ0n) is 10.7. The molecule has 0 radical (unpaired) electrons. The minimum absolute atomic E-state index is 0.233. The smallest absolute Gasteiger partial charge is 0.330 e. The lowest BCUT2D eigenvalue weighted by Gasteiger charge is -2.24. The monoisotopic (exact) mass is 252 g/mol. The molecule has 0 spiro atoms. The number of hydrogen-bond donors (Lipinski definition) is 3. The second kappa shape index (κ2) is 5.29. The van der Waals surface area contributed by atoms with E-state index in [0.717, 1.165) is 12.8 Å². The highest BCUT2D eigenvalue weighted by molar-refractivity contribution is 5.60. The molecular formula is C12H20N4O2. The summed E-state index contributed by atoms with van der Waals surface area (Å²) in [6, 6.07) is 0.282. The third-order valence-corrected chi connectivity index (χ3v) is 3.51. The standard InChI is InChI=1S/C12H20N4O2/c1-2-16-10(13)9(11(17)15-12(16)18)14-8-6-4-3-5-7-8/h8,14H,2-7,13H2,1H3,(H,15,17,18). The van der Waals surface area contributed by atoms with E-state index in [9.17, 15) is 9.59 Å². The Hall–Kier alpha value is -1.72. The second-order valence-electron chi connectivity index (χ2n) is 4.74. The number of nitrogens with one attached hydrogen (secondary N) is 2. The van der Waals surface area contributed by atoms with E-state index >= 15 is 0 Å². The quantitative estimate of drug-likeness (QED) is 0.744. The number of nitrogen functional groups attached to an aromatic ring is 1. The molecule has 6 nitrogen and oxygen atoms in total. The molecule has 1 aliphatic rings. The van der Waals surface area contributed by atoms with Crippen LogP contribution in [0.5, 0.6) is 0 Å². The van der Waals surface area contributed by atoms with Gasteiger partial charge in [0.15, 0.2) is 0 Å². The van der Waals surface area contributed by atoms with Gasteiger partial charge in [0, 0.05) is 12.6 Å². The highest BCUT2D eigenvalue weighted by Gasteiger charge is 2.17. The Bertz CT molecular complexity index is 526. The first-order chi connectivity index (χ1) is 8.63. The van der Waals surface area contributed by atoms with Gasteiger partial charge in [0.1, 0.15) is 11.5 Å². The molecule has 2 rings (SSSR count). The second-order valence-corrected chi connectivity index (χ2v) is 4.74. The molecule has 0 atom stereocenters. The maximum atomic E-state index is 11.8. The number of rotatable bonds is 3. The largest absolute Gasteiger partial charge is 0.383 e. The van der Waals surface area contributed by atoms with Crippen molar-refractivity contribution in [3.63, 3.8) is 0 Å². The average molecular weight is 252 g/mol. The van der Waals surface area contributed by atoms with Gasteiger partial charge in [-0.15, -0.1) is 0 Å². The molecule has 1 aliphatic carbocycles. The predicted octanol–water partition coefficient (Wildman–Crippen LogP) is 0.883. The zero-order chi connectivity index (χ0) is 13.1. The first-order valence-corrected chi connectivity index (χ1v) is 6.52. The van der Waals surface area contributed by atoms with Gasteiger partial charge in [-0.2, -0.15) is 0 Å². The molecule has 4 N–H and O–H groups in total. The summed E-state index contributed by atoms with van der Waals surface area (Å²) >= 11 is 0. The molecule has 0 saturated heterocycles. The number of nitrogens with two attached hydrogens (primary N) is 1. The molecule has 0 unspecified atom stereocenters. The van der Waals surface area contributed by atoms with Crippen LogP contribution < -0.4 is 22.3 Å². The van der Waals surface area contributed by atoms with E-state index in [1.807, 2.05) is 6.92 Å². The van der Waals surface area contributed by atoms with Crippen molar-refractivity contribution in [2.24, 2.45) is 0 Å². The van der Waals surface area contributed by atoms with Crippen molar-refractivity contribution in [1.29, 1.82) is 0 Å². The molecular weight excluding hydrogens is 232 g/mol. The summed E-state index contributed by atoms with van der Waals surface area (Å²) in [5, 5.41) is 3.19. The summed E-state index contributed by atoms with van der Waals surface area (Å²) < 4.78 is 1.37. The lowest BCUT2D eigenvalue weighted by Crippen LogP contribution is -2.36. The van der Waals surface area contributed by atoms with Crippen LogP contribution in [0, 0.1) is 0 Å². The van der Waals surface area contributed by atoms with Crippen molar-refractivity contribution in [3.8, 4) is 0 Å². The van der Waals surface area contributed by atoms with Crippen molar-refractivity contribution < 1.29 is 0 Å². The van der Waals surface area contributed by atoms with Crippen LogP contribution in [0.25, 0.3) is 0 Å². The first-order valence-electron chi connectivity index (χ1n) is 6.52. The topological polar surface area (TPSA) is 92.9 Å².